The van der Waals surface area contributed by atoms with Gasteiger partial charge in [-0.1, -0.05) is 62.2 Å². The van der Waals surface area contributed by atoms with Gasteiger partial charge in [0.2, 0.25) is 0 Å². The highest BCUT2D eigenvalue weighted by molar-refractivity contribution is 7.92. The van der Waals surface area contributed by atoms with Crippen LogP contribution in [0, 0.1) is 0 Å². The Labute approximate surface area is 203 Å². The van der Waals surface area contributed by atoms with Gasteiger partial charge in [-0.15, -0.1) is 0 Å². The largest absolute Gasteiger partial charge is 0.483 e. The van der Waals surface area contributed by atoms with E-state index in [1.807, 2.05) is 24.3 Å². The van der Waals surface area contributed by atoms with Gasteiger partial charge in [0.05, 0.1) is 10.6 Å². The van der Waals surface area contributed by atoms with Gasteiger partial charge in [-0.2, -0.15) is 0 Å². The van der Waals surface area contributed by atoms with Crippen LogP contribution in [-0.4, -0.2) is 20.9 Å². The van der Waals surface area contributed by atoms with Crippen molar-refractivity contribution in [2.75, 3.05) is 16.6 Å². The van der Waals surface area contributed by atoms with Crippen LogP contribution in [0.3, 0.4) is 0 Å². The van der Waals surface area contributed by atoms with E-state index in [0.29, 0.717) is 21.5 Å². The van der Waals surface area contributed by atoms with Gasteiger partial charge in [0, 0.05) is 15.7 Å². The number of nitrogens with one attached hydrogen (secondary N) is 2. The van der Waals surface area contributed by atoms with E-state index in [4.69, 9.17) is 27.9 Å². The van der Waals surface area contributed by atoms with E-state index in [9.17, 15) is 13.2 Å². The Balaban J connectivity index is 1.63. The molecule has 0 aromatic heterocycles. The molecule has 3 rings (SSSR count). The van der Waals surface area contributed by atoms with Crippen LogP contribution < -0.4 is 14.8 Å². The molecule has 6 nitrogen and oxygen atoms in total. The highest BCUT2D eigenvalue weighted by Gasteiger charge is 2.19. The molecule has 0 aliphatic heterocycles. The maximum Gasteiger partial charge on any atom is 0.262 e. The van der Waals surface area contributed by atoms with Crippen LogP contribution in [-0.2, 0) is 20.2 Å². The summed E-state index contributed by atoms with van der Waals surface area (Å²) in [6, 6.07) is 17.8. The minimum Gasteiger partial charge on any atom is -0.483 e. The lowest BCUT2D eigenvalue weighted by molar-refractivity contribution is -0.118. The summed E-state index contributed by atoms with van der Waals surface area (Å²) in [5.41, 5.74) is 1.56. The van der Waals surface area contributed by atoms with Crippen LogP contribution in [0.2, 0.25) is 10.0 Å². The van der Waals surface area contributed by atoms with Crippen molar-refractivity contribution in [3.05, 3.63) is 82.3 Å². The molecule has 0 bridgehead atoms. The fourth-order valence-electron chi connectivity index (χ4n) is 3.10. The maximum atomic E-state index is 12.6. The molecular formula is C24H24Cl2N2O4S. The molecule has 0 aliphatic rings. The number of anilines is 2. The number of hydrogen-bond donors (Lipinski definition) is 2. The van der Waals surface area contributed by atoms with Crippen molar-refractivity contribution in [1.29, 1.82) is 0 Å². The summed E-state index contributed by atoms with van der Waals surface area (Å²) in [4.78, 5) is 12.4. The fraction of sp³-hybridized carbons (Fsp3) is 0.208. The first-order valence-electron chi connectivity index (χ1n) is 10.1. The number of ether oxygens (including phenoxy) is 1. The number of para-hydroxylation sites is 1. The van der Waals surface area contributed by atoms with Crippen LogP contribution in [0.5, 0.6) is 5.75 Å². The Bertz CT molecular complexity index is 1230. The second-order valence-corrected chi connectivity index (χ2v) is 10.9. The van der Waals surface area contributed by atoms with Crippen molar-refractivity contribution in [1.82, 2.24) is 0 Å². The van der Waals surface area contributed by atoms with Gasteiger partial charge < -0.3 is 10.1 Å². The van der Waals surface area contributed by atoms with Gasteiger partial charge in [0.1, 0.15) is 5.75 Å². The lowest BCUT2D eigenvalue weighted by Gasteiger charge is -2.22. The third-order valence-electron chi connectivity index (χ3n) is 4.62. The van der Waals surface area contributed by atoms with E-state index in [1.54, 1.807) is 0 Å². The minimum atomic E-state index is -3.86. The molecule has 174 valence electrons. The van der Waals surface area contributed by atoms with Crippen molar-refractivity contribution in [2.24, 2.45) is 0 Å². The summed E-state index contributed by atoms with van der Waals surface area (Å²) in [5, 5.41) is 3.32. The summed E-state index contributed by atoms with van der Waals surface area (Å²) >= 11 is 11.8. The number of hydrogen-bond acceptors (Lipinski definition) is 4. The van der Waals surface area contributed by atoms with Gasteiger partial charge >= 0.3 is 0 Å². The van der Waals surface area contributed by atoms with E-state index in [1.165, 1.54) is 42.5 Å². The molecule has 0 unspecified atom stereocenters. The smallest absolute Gasteiger partial charge is 0.262 e. The zero-order chi connectivity index (χ0) is 24.2. The van der Waals surface area contributed by atoms with Crippen molar-refractivity contribution < 1.29 is 17.9 Å². The van der Waals surface area contributed by atoms with E-state index < -0.39 is 10.0 Å². The first-order chi connectivity index (χ1) is 15.4. The molecule has 0 radical (unpaired) electrons. The quantitative estimate of drug-likeness (QED) is 0.404. The third-order valence-corrected chi connectivity index (χ3v) is 6.45. The monoisotopic (exact) mass is 506 g/mol. The van der Waals surface area contributed by atoms with Gasteiger partial charge in [-0.25, -0.2) is 8.42 Å². The summed E-state index contributed by atoms with van der Waals surface area (Å²) in [7, 11) is -3.86. The number of amides is 1. The van der Waals surface area contributed by atoms with Crippen molar-refractivity contribution in [3.63, 3.8) is 0 Å². The summed E-state index contributed by atoms with van der Waals surface area (Å²) < 4.78 is 33.4. The average molecular weight is 507 g/mol. The Morgan fingerprint density at radius 3 is 2.12 bits per heavy atom. The van der Waals surface area contributed by atoms with Crippen LogP contribution >= 0.6 is 23.2 Å². The minimum absolute atomic E-state index is 0.0203. The molecule has 2 N–H and O–H groups in total. The molecule has 0 atom stereocenters. The highest BCUT2D eigenvalue weighted by atomic mass is 35.5. The molecule has 0 heterocycles. The molecule has 9 heteroatoms. The zero-order valence-corrected chi connectivity index (χ0v) is 20.7. The number of carbonyl (C=O) groups excluding carboxylic acids is 1. The molecule has 1 amide bonds. The van der Waals surface area contributed by atoms with Gasteiger partial charge in [-0.05, 0) is 59.5 Å². The van der Waals surface area contributed by atoms with Crippen molar-refractivity contribution >= 4 is 50.5 Å². The molecule has 0 aliphatic carbocycles. The Kier molecular flexibility index (Phi) is 7.57. The topological polar surface area (TPSA) is 84.5 Å². The third kappa shape index (κ3) is 6.87. The lowest BCUT2D eigenvalue weighted by atomic mass is 9.86. The molecular weight excluding hydrogens is 483 g/mol. The summed E-state index contributed by atoms with van der Waals surface area (Å²) in [6.07, 6.45) is 0. The molecule has 0 saturated carbocycles. The molecule has 3 aromatic rings. The second kappa shape index (κ2) is 10.0. The Morgan fingerprint density at radius 1 is 0.909 bits per heavy atom. The second-order valence-electron chi connectivity index (χ2n) is 8.37. The zero-order valence-electron chi connectivity index (χ0n) is 18.4. The number of rotatable bonds is 7. The lowest BCUT2D eigenvalue weighted by Crippen LogP contribution is -2.22. The van der Waals surface area contributed by atoms with Crippen LogP contribution in [0.25, 0.3) is 0 Å². The summed E-state index contributed by atoms with van der Waals surface area (Å²) in [5.74, 6) is 0.287. The normalized spacial score (nSPS) is 11.7. The molecule has 0 fully saturated rings. The molecule has 33 heavy (non-hydrogen) atoms. The molecule has 0 saturated heterocycles. The summed E-state index contributed by atoms with van der Waals surface area (Å²) in [6.45, 7) is 6.03. The van der Waals surface area contributed by atoms with Crippen molar-refractivity contribution in [2.45, 2.75) is 31.1 Å². The van der Waals surface area contributed by atoms with E-state index in [-0.39, 0.29) is 28.5 Å². The van der Waals surface area contributed by atoms with E-state index in [0.717, 1.165) is 5.56 Å². The van der Waals surface area contributed by atoms with Crippen LogP contribution in [0.15, 0.2) is 71.6 Å². The number of carbonyl (C=O) groups is 1. The fourth-order valence-corrected chi connectivity index (χ4v) is 4.66. The Hall–Kier alpha value is -2.74. The number of benzene rings is 3. The Morgan fingerprint density at radius 2 is 1.52 bits per heavy atom. The maximum absolute atomic E-state index is 12.6. The first kappa shape index (κ1) is 24.9. The van der Waals surface area contributed by atoms with Gasteiger partial charge in [0.15, 0.2) is 6.61 Å². The van der Waals surface area contributed by atoms with Gasteiger partial charge in [0.25, 0.3) is 15.9 Å². The molecule has 0 spiro atoms. The van der Waals surface area contributed by atoms with Crippen LogP contribution in [0.4, 0.5) is 11.4 Å². The highest BCUT2D eigenvalue weighted by Crippen LogP contribution is 2.31. The van der Waals surface area contributed by atoms with Gasteiger partial charge in [-0.3, -0.25) is 9.52 Å². The molecule has 3 aromatic carbocycles. The van der Waals surface area contributed by atoms with Crippen LogP contribution in [0.1, 0.15) is 26.3 Å². The number of sulfonamides is 1. The predicted octanol–water partition coefficient (Wildman–Crippen LogP) is 6.11. The standard InChI is InChI=1S/C24H24Cl2N2O4S/c1-24(2,3)21-6-4-5-7-22(21)32-15-23(29)27-18-8-10-20(11-9-18)33(30,31)28-19-13-16(25)12-17(26)14-19/h4-14,28H,15H2,1-3H3,(H,27,29). The predicted molar refractivity (Wildman–Crippen MR) is 133 cm³/mol. The SMILES string of the molecule is CC(C)(C)c1ccccc1OCC(=O)Nc1ccc(S(=O)(=O)Nc2cc(Cl)cc(Cl)c2)cc1. The number of halogens is 2. The van der Waals surface area contributed by atoms with E-state index in [2.05, 4.69) is 30.8 Å². The van der Waals surface area contributed by atoms with Crippen molar-refractivity contribution in [3.8, 4) is 5.75 Å². The average Bonchev–Trinajstić information content (AvgIpc) is 2.71. The first-order valence-corrected chi connectivity index (χ1v) is 12.3. The van der Waals surface area contributed by atoms with E-state index >= 15 is 0 Å².